The van der Waals surface area contributed by atoms with Gasteiger partial charge in [0.2, 0.25) is 5.91 Å². The molecule has 0 fully saturated rings. The van der Waals surface area contributed by atoms with Gasteiger partial charge >= 0.3 is 11.9 Å². The summed E-state index contributed by atoms with van der Waals surface area (Å²) in [4.78, 5) is 46.7. The first-order chi connectivity index (χ1) is 13.9. The molecule has 0 aliphatic rings. The second-order valence-corrected chi connectivity index (χ2v) is 6.27. The number of ether oxygens (including phenoxy) is 2. The molecule has 29 heavy (non-hydrogen) atoms. The highest BCUT2D eigenvalue weighted by molar-refractivity contribution is 6.30. The van der Waals surface area contributed by atoms with E-state index in [2.05, 4.69) is 15.4 Å². The normalized spacial score (nSPS) is 10.0. The van der Waals surface area contributed by atoms with Crippen molar-refractivity contribution < 1.29 is 28.7 Å². The van der Waals surface area contributed by atoms with Crippen molar-refractivity contribution in [3.8, 4) is 0 Å². The van der Waals surface area contributed by atoms with Gasteiger partial charge in [-0.1, -0.05) is 11.6 Å². The molecule has 0 saturated heterocycles. The van der Waals surface area contributed by atoms with E-state index in [4.69, 9.17) is 16.3 Å². The fourth-order valence-electron chi connectivity index (χ4n) is 2.20. The molecule has 2 rings (SSSR count). The molecular formula is C20H19ClN2O6. The lowest BCUT2D eigenvalue weighted by molar-refractivity contribution is -0.147. The summed E-state index contributed by atoms with van der Waals surface area (Å²) in [5.41, 5.74) is 1.33. The summed E-state index contributed by atoms with van der Waals surface area (Å²) in [7, 11) is 1.27. The molecule has 0 saturated carbocycles. The van der Waals surface area contributed by atoms with Crippen LogP contribution < -0.4 is 10.6 Å². The van der Waals surface area contributed by atoms with Crippen LogP contribution in [0.15, 0.2) is 48.5 Å². The number of benzene rings is 2. The average Bonchev–Trinajstić information content (AvgIpc) is 2.72. The molecule has 0 bridgehead atoms. The van der Waals surface area contributed by atoms with Crippen LogP contribution in [0, 0.1) is 0 Å². The quantitative estimate of drug-likeness (QED) is 0.637. The summed E-state index contributed by atoms with van der Waals surface area (Å²) in [5.74, 6) is -2.07. The Balaban J connectivity index is 1.68. The van der Waals surface area contributed by atoms with Crippen LogP contribution in [0.4, 0.5) is 11.4 Å². The van der Waals surface area contributed by atoms with Gasteiger partial charge in [0, 0.05) is 22.8 Å². The molecule has 2 aromatic rings. The van der Waals surface area contributed by atoms with Crippen molar-refractivity contribution in [2.24, 2.45) is 0 Å². The van der Waals surface area contributed by atoms with Gasteiger partial charge in [0.15, 0.2) is 6.61 Å². The van der Waals surface area contributed by atoms with Gasteiger partial charge in [0.25, 0.3) is 5.91 Å². The molecule has 0 heterocycles. The van der Waals surface area contributed by atoms with Crippen LogP contribution in [0.2, 0.25) is 5.02 Å². The highest BCUT2D eigenvalue weighted by Gasteiger charge is 2.11. The van der Waals surface area contributed by atoms with E-state index in [0.29, 0.717) is 22.0 Å². The van der Waals surface area contributed by atoms with Crippen molar-refractivity contribution in [2.75, 3.05) is 24.4 Å². The molecule has 152 valence electrons. The Kier molecular flexibility index (Phi) is 8.17. The van der Waals surface area contributed by atoms with Gasteiger partial charge in [-0.15, -0.1) is 0 Å². The summed E-state index contributed by atoms with van der Waals surface area (Å²) in [6.45, 7) is -0.490. The number of nitrogens with one attached hydrogen (secondary N) is 2. The maximum atomic E-state index is 11.8. The maximum Gasteiger partial charge on any atom is 0.337 e. The first-order valence-electron chi connectivity index (χ1n) is 8.56. The Hall–Kier alpha value is -3.39. The number of hydrogen-bond acceptors (Lipinski definition) is 6. The average molecular weight is 419 g/mol. The van der Waals surface area contributed by atoms with E-state index in [0.717, 1.165) is 0 Å². The fraction of sp³-hybridized carbons (Fsp3) is 0.200. The largest absolute Gasteiger partial charge is 0.465 e. The van der Waals surface area contributed by atoms with E-state index in [1.54, 1.807) is 24.3 Å². The number of amides is 2. The van der Waals surface area contributed by atoms with Crippen LogP contribution in [-0.4, -0.2) is 37.5 Å². The molecule has 0 radical (unpaired) electrons. The van der Waals surface area contributed by atoms with Crippen LogP contribution in [0.25, 0.3) is 0 Å². The van der Waals surface area contributed by atoms with E-state index < -0.39 is 24.5 Å². The van der Waals surface area contributed by atoms with Gasteiger partial charge in [0.05, 0.1) is 19.1 Å². The molecular weight excluding hydrogens is 400 g/mol. The first-order valence-corrected chi connectivity index (χ1v) is 8.94. The Morgan fingerprint density at radius 1 is 0.828 bits per heavy atom. The van der Waals surface area contributed by atoms with Crippen molar-refractivity contribution in [3.05, 3.63) is 59.1 Å². The van der Waals surface area contributed by atoms with E-state index in [1.165, 1.54) is 31.4 Å². The fourth-order valence-corrected chi connectivity index (χ4v) is 2.32. The SMILES string of the molecule is COC(=O)c1ccc(NC(=O)COC(=O)CCC(=O)Nc2ccc(Cl)cc2)cc1. The number of carbonyl (C=O) groups excluding carboxylic acids is 4. The lowest BCUT2D eigenvalue weighted by Crippen LogP contribution is -2.21. The van der Waals surface area contributed by atoms with Gasteiger partial charge < -0.3 is 20.1 Å². The van der Waals surface area contributed by atoms with E-state index in [1.807, 2.05) is 0 Å². The monoisotopic (exact) mass is 418 g/mol. The standard InChI is InChI=1S/C20H19ClN2O6/c1-28-20(27)13-2-6-15(7-3-13)23-18(25)12-29-19(26)11-10-17(24)22-16-8-4-14(21)5-9-16/h2-9H,10-12H2,1H3,(H,22,24)(H,23,25). The molecule has 0 spiro atoms. The Labute approximate surface area is 172 Å². The van der Waals surface area contributed by atoms with Crippen molar-refractivity contribution in [2.45, 2.75) is 12.8 Å². The van der Waals surface area contributed by atoms with Gasteiger partial charge in [0.1, 0.15) is 0 Å². The lowest BCUT2D eigenvalue weighted by atomic mass is 10.2. The summed E-state index contributed by atoms with van der Waals surface area (Å²) >= 11 is 5.76. The number of anilines is 2. The number of hydrogen-bond donors (Lipinski definition) is 2. The second-order valence-electron chi connectivity index (χ2n) is 5.83. The van der Waals surface area contributed by atoms with Crippen LogP contribution in [0.1, 0.15) is 23.2 Å². The molecule has 9 heteroatoms. The van der Waals surface area contributed by atoms with Crippen LogP contribution >= 0.6 is 11.6 Å². The Morgan fingerprint density at radius 3 is 1.97 bits per heavy atom. The highest BCUT2D eigenvalue weighted by atomic mass is 35.5. The van der Waals surface area contributed by atoms with Crippen LogP contribution in [-0.2, 0) is 23.9 Å². The zero-order valence-electron chi connectivity index (χ0n) is 15.6. The summed E-state index contributed by atoms with van der Waals surface area (Å²) in [5, 5.41) is 5.69. The molecule has 8 nitrogen and oxygen atoms in total. The predicted molar refractivity (Wildman–Crippen MR) is 107 cm³/mol. The minimum absolute atomic E-state index is 0.0852. The minimum Gasteiger partial charge on any atom is -0.465 e. The van der Waals surface area contributed by atoms with Gasteiger partial charge in [-0.05, 0) is 48.5 Å². The van der Waals surface area contributed by atoms with Gasteiger partial charge in [-0.3, -0.25) is 14.4 Å². The highest BCUT2D eigenvalue weighted by Crippen LogP contribution is 2.14. The van der Waals surface area contributed by atoms with Gasteiger partial charge in [-0.2, -0.15) is 0 Å². The molecule has 0 unspecified atom stereocenters. The zero-order chi connectivity index (χ0) is 21.2. The number of methoxy groups -OCH3 is 1. The smallest absolute Gasteiger partial charge is 0.337 e. The Morgan fingerprint density at radius 2 is 1.38 bits per heavy atom. The first kappa shape index (κ1) is 21.9. The molecule has 0 aliphatic heterocycles. The summed E-state index contributed by atoms with van der Waals surface area (Å²) < 4.78 is 9.43. The van der Waals surface area contributed by atoms with E-state index in [9.17, 15) is 19.2 Å². The van der Waals surface area contributed by atoms with Crippen molar-refractivity contribution >= 4 is 46.7 Å². The predicted octanol–water partition coefficient (Wildman–Crippen LogP) is 3.03. The molecule has 2 aromatic carbocycles. The number of carbonyl (C=O) groups is 4. The number of rotatable bonds is 8. The zero-order valence-corrected chi connectivity index (χ0v) is 16.3. The third-order valence-electron chi connectivity index (χ3n) is 3.64. The summed E-state index contributed by atoms with van der Waals surface area (Å²) in [6.07, 6.45) is -0.251. The number of esters is 2. The minimum atomic E-state index is -0.674. The van der Waals surface area contributed by atoms with Crippen molar-refractivity contribution in [1.29, 1.82) is 0 Å². The van der Waals surface area contributed by atoms with E-state index in [-0.39, 0.29) is 18.7 Å². The third kappa shape index (κ3) is 7.63. The topological polar surface area (TPSA) is 111 Å². The van der Waals surface area contributed by atoms with Crippen molar-refractivity contribution in [1.82, 2.24) is 0 Å². The number of halogens is 1. The van der Waals surface area contributed by atoms with Crippen molar-refractivity contribution in [3.63, 3.8) is 0 Å². The van der Waals surface area contributed by atoms with Crippen LogP contribution in [0.3, 0.4) is 0 Å². The second kappa shape index (κ2) is 10.8. The van der Waals surface area contributed by atoms with Gasteiger partial charge in [-0.25, -0.2) is 4.79 Å². The summed E-state index contributed by atoms with van der Waals surface area (Å²) in [6, 6.07) is 12.6. The molecule has 2 amide bonds. The molecule has 0 atom stereocenters. The molecule has 0 aliphatic carbocycles. The van der Waals surface area contributed by atoms with Crippen LogP contribution in [0.5, 0.6) is 0 Å². The molecule has 2 N–H and O–H groups in total. The lowest BCUT2D eigenvalue weighted by Gasteiger charge is -2.08. The third-order valence-corrected chi connectivity index (χ3v) is 3.89. The Bertz CT molecular complexity index is 881. The molecule has 0 aromatic heterocycles. The maximum absolute atomic E-state index is 11.8. The van der Waals surface area contributed by atoms with E-state index >= 15 is 0 Å².